The van der Waals surface area contributed by atoms with Gasteiger partial charge in [0.05, 0.1) is 6.42 Å². The predicted molar refractivity (Wildman–Crippen MR) is 71.0 cm³/mol. The van der Waals surface area contributed by atoms with Crippen LogP contribution >= 0.6 is 0 Å². The van der Waals surface area contributed by atoms with Crippen LogP contribution in [0.4, 0.5) is 4.39 Å². The number of hydrogen-bond acceptors (Lipinski definition) is 2. The fourth-order valence-corrected chi connectivity index (χ4v) is 2.41. The van der Waals surface area contributed by atoms with Crippen LogP contribution in [0.5, 0.6) is 0 Å². The topological polar surface area (TPSA) is 29.4 Å². The maximum atomic E-state index is 13.6. The molecular formula is C14H16FNOS. The Morgan fingerprint density at radius 3 is 2.67 bits per heavy atom. The summed E-state index contributed by atoms with van der Waals surface area (Å²) in [6.07, 6.45) is 2.35. The highest BCUT2D eigenvalue weighted by Gasteiger charge is 2.29. The number of halogens is 1. The van der Waals surface area contributed by atoms with Crippen molar-refractivity contribution < 1.29 is 9.18 Å². The standard InChI is InChI=1S/C14H16FNOS/c1-8(2)11-5-10(15)6-12(9-3-4-9)13(11)7-14(17)16-18/h5-6,8-9H,3-4,7H2,1-2H3. The average molecular weight is 265 g/mol. The first kappa shape index (κ1) is 13.3. The zero-order valence-electron chi connectivity index (χ0n) is 10.6. The number of amides is 1. The number of hydrogen-bond donors (Lipinski definition) is 0. The fraction of sp³-hybridized carbons (Fsp3) is 0.500. The van der Waals surface area contributed by atoms with Crippen molar-refractivity contribution >= 4 is 18.3 Å². The van der Waals surface area contributed by atoms with E-state index in [2.05, 4.69) is 16.8 Å². The lowest BCUT2D eigenvalue weighted by Crippen LogP contribution is -2.08. The van der Waals surface area contributed by atoms with Gasteiger partial charge in [-0.1, -0.05) is 13.8 Å². The van der Waals surface area contributed by atoms with Gasteiger partial charge in [-0.25, -0.2) is 4.39 Å². The van der Waals surface area contributed by atoms with Crippen molar-refractivity contribution in [3.05, 3.63) is 34.6 Å². The quantitative estimate of drug-likeness (QED) is 0.832. The van der Waals surface area contributed by atoms with Crippen molar-refractivity contribution in [3.63, 3.8) is 0 Å². The van der Waals surface area contributed by atoms with E-state index in [4.69, 9.17) is 0 Å². The highest BCUT2D eigenvalue weighted by molar-refractivity contribution is 7.47. The number of benzene rings is 1. The van der Waals surface area contributed by atoms with E-state index in [1.165, 1.54) is 6.07 Å². The molecule has 0 atom stereocenters. The molecule has 0 N–H and O–H groups in total. The third-order valence-corrected chi connectivity index (χ3v) is 3.56. The second kappa shape index (κ2) is 5.22. The Morgan fingerprint density at radius 2 is 2.17 bits per heavy atom. The van der Waals surface area contributed by atoms with Crippen molar-refractivity contribution in [1.82, 2.24) is 0 Å². The van der Waals surface area contributed by atoms with Gasteiger partial charge in [-0.2, -0.15) is 0 Å². The van der Waals surface area contributed by atoms with E-state index in [9.17, 15) is 9.18 Å². The minimum absolute atomic E-state index is 0.186. The van der Waals surface area contributed by atoms with Gasteiger partial charge in [0.1, 0.15) is 5.82 Å². The van der Waals surface area contributed by atoms with Crippen LogP contribution in [0, 0.1) is 5.82 Å². The summed E-state index contributed by atoms with van der Waals surface area (Å²) in [5.74, 6) is 0.0600. The molecule has 0 bridgehead atoms. The molecule has 1 aliphatic carbocycles. The molecule has 2 rings (SSSR count). The van der Waals surface area contributed by atoms with Crippen molar-refractivity contribution in [2.45, 2.75) is 44.9 Å². The van der Waals surface area contributed by atoms with Crippen LogP contribution in [0.2, 0.25) is 0 Å². The summed E-state index contributed by atoms with van der Waals surface area (Å²) >= 11 is 4.43. The molecule has 96 valence electrons. The lowest BCUT2D eigenvalue weighted by molar-refractivity contribution is -0.116. The Balaban J connectivity index is 2.49. The Labute approximate surface area is 112 Å². The smallest absolute Gasteiger partial charge is 0.261 e. The van der Waals surface area contributed by atoms with Gasteiger partial charge in [-0.3, -0.25) is 4.79 Å². The van der Waals surface area contributed by atoms with E-state index in [0.717, 1.165) is 29.5 Å². The maximum Gasteiger partial charge on any atom is 0.261 e. The Morgan fingerprint density at radius 1 is 1.50 bits per heavy atom. The molecule has 1 amide bonds. The van der Waals surface area contributed by atoms with E-state index in [0.29, 0.717) is 5.92 Å². The first-order valence-corrected chi connectivity index (χ1v) is 6.57. The lowest BCUT2D eigenvalue weighted by Gasteiger charge is -2.16. The SMILES string of the molecule is CC(C)c1cc(F)cc(C2CC2)c1CC(=O)N=S. The summed E-state index contributed by atoms with van der Waals surface area (Å²) in [7, 11) is 0. The summed E-state index contributed by atoms with van der Waals surface area (Å²) in [6, 6.07) is 3.10. The normalized spacial score (nSPS) is 14.9. The monoisotopic (exact) mass is 265 g/mol. The molecule has 1 fully saturated rings. The van der Waals surface area contributed by atoms with Crippen molar-refractivity contribution in [2.75, 3.05) is 0 Å². The summed E-state index contributed by atoms with van der Waals surface area (Å²) in [5, 5.41) is 0. The van der Waals surface area contributed by atoms with Crippen LogP contribution in [0.3, 0.4) is 0 Å². The molecular weight excluding hydrogens is 249 g/mol. The van der Waals surface area contributed by atoms with Crippen molar-refractivity contribution in [3.8, 4) is 0 Å². The van der Waals surface area contributed by atoms with Crippen LogP contribution in [-0.4, -0.2) is 5.91 Å². The number of rotatable bonds is 4. The van der Waals surface area contributed by atoms with Gasteiger partial charge in [0, 0.05) is 12.4 Å². The lowest BCUT2D eigenvalue weighted by atomic mass is 9.89. The molecule has 0 unspecified atom stereocenters. The zero-order valence-corrected chi connectivity index (χ0v) is 11.4. The molecule has 0 spiro atoms. The predicted octanol–water partition coefficient (Wildman–Crippen LogP) is 3.63. The molecule has 0 saturated heterocycles. The Kier molecular flexibility index (Phi) is 3.85. The molecule has 1 aliphatic rings. The van der Waals surface area contributed by atoms with Gasteiger partial charge < -0.3 is 0 Å². The largest absolute Gasteiger partial charge is 0.271 e. The van der Waals surface area contributed by atoms with E-state index >= 15 is 0 Å². The minimum atomic E-state index is -0.319. The molecule has 0 aliphatic heterocycles. The van der Waals surface area contributed by atoms with E-state index in [-0.39, 0.29) is 24.1 Å². The van der Waals surface area contributed by atoms with E-state index in [1.807, 2.05) is 13.8 Å². The van der Waals surface area contributed by atoms with Crippen LogP contribution in [-0.2, 0) is 23.6 Å². The zero-order chi connectivity index (χ0) is 13.3. The van der Waals surface area contributed by atoms with Gasteiger partial charge in [0.15, 0.2) is 0 Å². The molecule has 0 radical (unpaired) electrons. The fourth-order valence-electron chi connectivity index (χ4n) is 2.34. The van der Waals surface area contributed by atoms with Gasteiger partial charge in [0.25, 0.3) is 5.91 Å². The number of carbonyl (C=O) groups is 1. The highest BCUT2D eigenvalue weighted by atomic mass is 32.1. The van der Waals surface area contributed by atoms with E-state index < -0.39 is 0 Å². The Hall–Kier alpha value is -1.16. The molecule has 0 heterocycles. The van der Waals surface area contributed by atoms with Crippen molar-refractivity contribution in [2.24, 2.45) is 4.36 Å². The van der Waals surface area contributed by atoms with Crippen LogP contribution in [0.1, 0.15) is 55.2 Å². The third-order valence-electron chi connectivity index (χ3n) is 3.35. The second-order valence-corrected chi connectivity index (χ2v) is 5.34. The molecule has 18 heavy (non-hydrogen) atoms. The van der Waals surface area contributed by atoms with Crippen LogP contribution in [0.15, 0.2) is 16.5 Å². The van der Waals surface area contributed by atoms with Crippen LogP contribution in [0.25, 0.3) is 0 Å². The first-order valence-electron chi connectivity index (χ1n) is 6.21. The summed E-state index contributed by atoms with van der Waals surface area (Å²) in [6.45, 7) is 4.01. The summed E-state index contributed by atoms with van der Waals surface area (Å²) in [4.78, 5) is 11.5. The average Bonchev–Trinajstić information content (AvgIpc) is 3.14. The summed E-state index contributed by atoms with van der Waals surface area (Å²) < 4.78 is 16.9. The van der Waals surface area contributed by atoms with Crippen molar-refractivity contribution in [1.29, 1.82) is 0 Å². The van der Waals surface area contributed by atoms with Gasteiger partial charge in [0.2, 0.25) is 0 Å². The summed E-state index contributed by atoms with van der Waals surface area (Å²) in [5.41, 5.74) is 2.82. The second-order valence-electron chi connectivity index (χ2n) is 5.15. The molecule has 1 saturated carbocycles. The van der Waals surface area contributed by atoms with Crippen LogP contribution < -0.4 is 0 Å². The van der Waals surface area contributed by atoms with Gasteiger partial charge in [-0.15, -0.1) is 4.36 Å². The van der Waals surface area contributed by atoms with Gasteiger partial charge >= 0.3 is 0 Å². The highest BCUT2D eigenvalue weighted by Crippen LogP contribution is 2.43. The maximum absolute atomic E-state index is 13.6. The molecule has 2 nitrogen and oxygen atoms in total. The minimum Gasteiger partial charge on any atom is -0.271 e. The Bertz CT molecular complexity index is 472. The first-order chi connectivity index (χ1) is 8.52. The number of nitrogens with zero attached hydrogens (tertiary/aromatic N) is 1. The molecule has 4 heteroatoms. The molecule has 0 aromatic heterocycles. The number of carbonyl (C=O) groups excluding carboxylic acids is 1. The van der Waals surface area contributed by atoms with E-state index in [1.54, 1.807) is 6.07 Å². The third kappa shape index (κ3) is 2.80. The molecule has 1 aromatic carbocycles. The molecule has 1 aromatic rings. The van der Waals surface area contributed by atoms with Gasteiger partial charge in [-0.05, 0) is 53.5 Å².